The normalized spacial score (nSPS) is 19.2. The van der Waals surface area contributed by atoms with Gasteiger partial charge in [-0.1, -0.05) is 58.5 Å². The molecule has 0 spiro atoms. The Bertz CT molecular complexity index is 1800. The van der Waals surface area contributed by atoms with E-state index in [1.165, 1.54) is 15.5 Å². The van der Waals surface area contributed by atoms with Crippen LogP contribution in [0.15, 0.2) is 76.6 Å². The number of hydrogen-bond acceptors (Lipinski definition) is 8. The number of ether oxygens (including phenoxy) is 1. The van der Waals surface area contributed by atoms with Crippen molar-refractivity contribution >= 4 is 63.8 Å². The standard InChI is InChI=1S/C31H26ClN3O6S2/c1-3-41-22-14-17(6-13-21(22)36)24-25-26(29(39)35(28(25)38)20-11-4-16(2)5-12-20)42-30-27(24)43-31(40)34(30)15-23(37)33-19-9-7-18(32)8-10-19/h4-14,24-26,36H,3,15H2,1-2H3,(H,33,37)/t24-,25?,26?/m0/s1. The molecule has 0 radical (unpaired) electrons. The zero-order valence-electron chi connectivity index (χ0n) is 23.1. The van der Waals surface area contributed by atoms with Crippen LogP contribution >= 0.6 is 34.7 Å². The average molecular weight is 636 g/mol. The Kier molecular flexibility index (Phi) is 7.80. The lowest BCUT2D eigenvalue weighted by molar-refractivity contribution is -0.122. The summed E-state index contributed by atoms with van der Waals surface area (Å²) in [5.41, 5.74) is 2.60. The molecule has 12 heteroatoms. The Labute approximate surface area is 260 Å². The summed E-state index contributed by atoms with van der Waals surface area (Å²) in [6.45, 7) is 3.73. The molecule has 6 rings (SSSR count). The fourth-order valence-corrected chi connectivity index (χ4v) is 8.33. The maximum atomic E-state index is 14.1. The summed E-state index contributed by atoms with van der Waals surface area (Å²) in [6.07, 6.45) is 0. The molecule has 2 N–H and O–H groups in total. The molecule has 2 aliphatic rings. The Morgan fingerprint density at radius 1 is 1.02 bits per heavy atom. The van der Waals surface area contributed by atoms with Gasteiger partial charge in [0.25, 0.3) is 0 Å². The number of thiazole rings is 1. The summed E-state index contributed by atoms with van der Waals surface area (Å²) in [7, 11) is 0. The molecule has 3 heterocycles. The highest BCUT2D eigenvalue weighted by Crippen LogP contribution is 2.54. The lowest BCUT2D eigenvalue weighted by Crippen LogP contribution is -2.33. The number of anilines is 2. The van der Waals surface area contributed by atoms with Gasteiger partial charge in [-0.25, -0.2) is 4.90 Å². The molecular formula is C31H26ClN3O6S2. The van der Waals surface area contributed by atoms with E-state index in [1.54, 1.807) is 55.5 Å². The maximum absolute atomic E-state index is 14.1. The van der Waals surface area contributed by atoms with E-state index in [4.69, 9.17) is 16.3 Å². The number of thioether (sulfide) groups is 1. The number of rotatable bonds is 7. The van der Waals surface area contributed by atoms with Gasteiger partial charge in [0.15, 0.2) is 11.5 Å². The number of phenolic OH excluding ortho intramolecular Hbond substituents is 1. The van der Waals surface area contributed by atoms with Gasteiger partial charge in [0.1, 0.15) is 11.8 Å². The molecule has 3 amide bonds. The van der Waals surface area contributed by atoms with Crippen molar-refractivity contribution in [3.63, 3.8) is 0 Å². The average Bonchev–Trinajstić information content (AvgIpc) is 3.42. The number of aromatic nitrogens is 1. The zero-order valence-corrected chi connectivity index (χ0v) is 25.5. The highest BCUT2D eigenvalue weighted by molar-refractivity contribution is 8.00. The third-order valence-electron chi connectivity index (χ3n) is 7.41. The van der Waals surface area contributed by atoms with E-state index >= 15 is 0 Å². The fourth-order valence-electron chi connectivity index (χ4n) is 5.44. The minimum atomic E-state index is -0.838. The molecule has 1 saturated heterocycles. The Morgan fingerprint density at radius 2 is 1.74 bits per heavy atom. The van der Waals surface area contributed by atoms with Crippen molar-refractivity contribution in [2.75, 3.05) is 16.8 Å². The third kappa shape index (κ3) is 5.32. The molecule has 43 heavy (non-hydrogen) atoms. The van der Waals surface area contributed by atoms with Crippen LogP contribution in [0.25, 0.3) is 0 Å². The molecule has 0 aliphatic carbocycles. The molecule has 3 atom stereocenters. The van der Waals surface area contributed by atoms with Gasteiger partial charge in [-0.3, -0.25) is 23.7 Å². The molecule has 3 aromatic carbocycles. The summed E-state index contributed by atoms with van der Waals surface area (Å²) < 4.78 is 6.98. The highest BCUT2D eigenvalue weighted by Gasteiger charge is 2.57. The minimum Gasteiger partial charge on any atom is -0.504 e. The monoisotopic (exact) mass is 635 g/mol. The second-order valence-corrected chi connectivity index (χ2v) is 12.8. The van der Waals surface area contributed by atoms with Gasteiger partial charge >= 0.3 is 4.87 Å². The predicted molar refractivity (Wildman–Crippen MR) is 167 cm³/mol. The fraction of sp³-hybridized carbons (Fsp3) is 0.226. The number of benzene rings is 3. The van der Waals surface area contributed by atoms with Gasteiger partial charge in [0.05, 0.1) is 23.2 Å². The molecule has 1 fully saturated rings. The van der Waals surface area contributed by atoms with E-state index in [1.807, 2.05) is 19.1 Å². The van der Waals surface area contributed by atoms with E-state index in [2.05, 4.69) is 5.32 Å². The quantitative estimate of drug-likeness (QED) is 0.261. The summed E-state index contributed by atoms with van der Waals surface area (Å²) in [4.78, 5) is 55.8. The van der Waals surface area contributed by atoms with Crippen molar-refractivity contribution in [1.82, 2.24) is 4.57 Å². The molecule has 2 unspecified atom stereocenters. The minimum absolute atomic E-state index is 0.0627. The van der Waals surface area contributed by atoms with Crippen molar-refractivity contribution in [2.45, 2.75) is 36.6 Å². The van der Waals surface area contributed by atoms with Gasteiger partial charge in [0, 0.05) is 21.5 Å². The van der Waals surface area contributed by atoms with Gasteiger partial charge in [-0.15, -0.1) is 0 Å². The molecule has 220 valence electrons. The Morgan fingerprint density at radius 3 is 2.44 bits per heavy atom. The van der Waals surface area contributed by atoms with E-state index in [0.717, 1.165) is 28.7 Å². The van der Waals surface area contributed by atoms with Crippen LogP contribution in [0.3, 0.4) is 0 Å². The van der Waals surface area contributed by atoms with Gasteiger partial charge in [0.2, 0.25) is 17.7 Å². The van der Waals surface area contributed by atoms with Crippen molar-refractivity contribution in [2.24, 2.45) is 5.92 Å². The number of nitrogens with zero attached hydrogens (tertiary/aromatic N) is 2. The number of imide groups is 1. The lowest BCUT2D eigenvalue weighted by Gasteiger charge is -2.31. The van der Waals surface area contributed by atoms with Crippen LogP contribution in [-0.4, -0.2) is 39.3 Å². The van der Waals surface area contributed by atoms with Crippen LogP contribution in [0.2, 0.25) is 5.02 Å². The molecule has 1 aromatic heterocycles. The molecular weight excluding hydrogens is 610 g/mol. The lowest BCUT2D eigenvalue weighted by atomic mass is 9.83. The largest absolute Gasteiger partial charge is 0.504 e. The number of fused-ring (bicyclic) bond motifs is 2. The molecule has 2 aliphatic heterocycles. The second-order valence-electron chi connectivity index (χ2n) is 10.2. The first-order valence-corrected chi connectivity index (χ1v) is 15.6. The first-order chi connectivity index (χ1) is 20.7. The van der Waals surface area contributed by atoms with Gasteiger partial charge < -0.3 is 15.2 Å². The van der Waals surface area contributed by atoms with E-state index in [9.17, 15) is 24.3 Å². The van der Waals surface area contributed by atoms with Crippen LogP contribution in [0.1, 0.15) is 28.8 Å². The first kappa shape index (κ1) is 29.0. The SMILES string of the molecule is CCOc1cc([C@@H]2c3sc(=O)n(CC(=O)Nc4ccc(Cl)cc4)c3SC3C(=O)N(c4ccc(C)cc4)C(=O)C32)ccc1O. The third-order valence-corrected chi connectivity index (χ3v) is 10.3. The predicted octanol–water partition coefficient (Wildman–Crippen LogP) is 5.41. The van der Waals surface area contributed by atoms with Crippen LogP contribution in [-0.2, 0) is 20.9 Å². The number of nitrogens with one attached hydrogen (secondary N) is 1. The summed E-state index contributed by atoms with van der Waals surface area (Å²) >= 11 is 8.04. The number of phenols is 1. The van der Waals surface area contributed by atoms with Crippen LogP contribution < -0.4 is 19.8 Å². The van der Waals surface area contributed by atoms with Crippen molar-refractivity contribution < 1.29 is 24.2 Å². The van der Waals surface area contributed by atoms with Crippen molar-refractivity contribution in [3.05, 3.63) is 97.4 Å². The number of hydrogen-bond donors (Lipinski definition) is 2. The molecule has 0 bridgehead atoms. The van der Waals surface area contributed by atoms with E-state index in [-0.39, 0.29) is 34.7 Å². The number of aryl methyl sites for hydroxylation is 1. The number of aromatic hydroxyl groups is 1. The topological polar surface area (TPSA) is 118 Å². The Balaban J connectivity index is 1.43. The first-order valence-electron chi connectivity index (χ1n) is 13.5. The van der Waals surface area contributed by atoms with Crippen LogP contribution in [0.4, 0.5) is 11.4 Å². The Hall–Kier alpha value is -4.06. The number of halogens is 1. The highest BCUT2D eigenvalue weighted by atomic mass is 35.5. The summed E-state index contributed by atoms with van der Waals surface area (Å²) in [5, 5.41) is 13.3. The maximum Gasteiger partial charge on any atom is 0.308 e. The van der Waals surface area contributed by atoms with Gasteiger partial charge in [-0.05, 0) is 67.9 Å². The van der Waals surface area contributed by atoms with E-state index < -0.39 is 23.0 Å². The zero-order chi connectivity index (χ0) is 30.4. The molecule has 4 aromatic rings. The van der Waals surface area contributed by atoms with Gasteiger partial charge in [-0.2, -0.15) is 0 Å². The summed E-state index contributed by atoms with van der Waals surface area (Å²) in [5.74, 6) is -2.53. The van der Waals surface area contributed by atoms with E-state index in [0.29, 0.717) is 38.5 Å². The number of carbonyl (C=O) groups is 3. The van der Waals surface area contributed by atoms with Crippen LogP contribution in [0, 0.1) is 12.8 Å². The second kappa shape index (κ2) is 11.6. The smallest absolute Gasteiger partial charge is 0.308 e. The van der Waals surface area contributed by atoms with Crippen molar-refractivity contribution in [1.29, 1.82) is 0 Å². The molecule has 9 nitrogen and oxygen atoms in total. The number of carbonyl (C=O) groups excluding carboxylic acids is 3. The molecule has 0 saturated carbocycles. The van der Waals surface area contributed by atoms with Crippen molar-refractivity contribution in [3.8, 4) is 11.5 Å². The number of amides is 3. The summed E-state index contributed by atoms with van der Waals surface area (Å²) in [6, 6.07) is 18.6. The van der Waals surface area contributed by atoms with Crippen LogP contribution in [0.5, 0.6) is 11.5 Å².